The van der Waals surface area contributed by atoms with E-state index in [0.717, 1.165) is 32.0 Å². The molecule has 15 heavy (non-hydrogen) atoms. The Morgan fingerprint density at radius 2 is 2.07 bits per heavy atom. The lowest BCUT2D eigenvalue weighted by Gasteiger charge is -2.09. The number of nitrogens with two attached hydrogens (primary N) is 1. The molecule has 0 heterocycles. The summed E-state index contributed by atoms with van der Waals surface area (Å²) in [6.07, 6.45) is 7.69. The van der Waals surface area contributed by atoms with Gasteiger partial charge < -0.3 is 4.74 Å². The van der Waals surface area contributed by atoms with Crippen molar-refractivity contribution in [3.63, 3.8) is 0 Å². The fourth-order valence-electron chi connectivity index (χ4n) is 1.99. The van der Waals surface area contributed by atoms with Crippen LogP contribution >= 0.6 is 0 Å². The molecule has 0 saturated heterocycles. The SMILES string of the molecule is NNC(=O)CCCCOCC1CCCC1. The summed E-state index contributed by atoms with van der Waals surface area (Å²) in [6.45, 7) is 1.68. The number of hydrazine groups is 1. The van der Waals surface area contributed by atoms with Crippen LogP contribution in [0, 0.1) is 5.92 Å². The third kappa shape index (κ3) is 5.74. The van der Waals surface area contributed by atoms with Crippen molar-refractivity contribution in [2.75, 3.05) is 13.2 Å². The molecule has 1 rings (SSSR count). The molecule has 4 heteroatoms. The summed E-state index contributed by atoms with van der Waals surface area (Å²) in [5.41, 5.74) is 2.12. The summed E-state index contributed by atoms with van der Waals surface area (Å²) >= 11 is 0. The summed E-state index contributed by atoms with van der Waals surface area (Å²) in [7, 11) is 0. The van der Waals surface area contributed by atoms with Gasteiger partial charge in [-0.1, -0.05) is 12.8 Å². The highest BCUT2D eigenvalue weighted by Gasteiger charge is 2.14. The average Bonchev–Trinajstić information content (AvgIpc) is 2.75. The molecule has 0 atom stereocenters. The van der Waals surface area contributed by atoms with E-state index < -0.39 is 0 Å². The Morgan fingerprint density at radius 3 is 2.73 bits per heavy atom. The van der Waals surface area contributed by atoms with Crippen molar-refractivity contribution in [3.8, 4) is 0 Å². The Kier molecular flexibility index (Phi) is 6.36. The van der Waals surface area contributed by atoms with Gasteiger partial charge in [0.2, 0.25) is 5.91 Å². The predicted molar refractivity (Wildman–Crippen MR) is 59.0 cm³/mol. The fourth-order valence-corrected chi connectivity index (χ4v) is 1.99. The Morgan fingerprint density at radius 1 is 1.33 bits per heavy atom. The Balaban J connectivity index is 1.82. The van der Waals surface area contributed by atoms with Crippen molar-refractivity contribution in [3.05, 3.63) is 0 Å². The highest BCUT2D eigenvalue weighted by molar-refractivity contribution is 5.74. The lowest BCUT2D eigenvalue weighted by molar-refractivity contribution is -0.121. The van der Waals surface area contributed by atoms with Crippen LogP contribution in [0.1, 0.15) is 44.9 Å². The van der Waals surface area contributed by atoms with Gasteiger partial charge in [-0.3, -0.25) is 10.2 Å². The van der Waals surface area contributed by atoms with Gasteiger partial charge in [0.15, 0.2) is 0 Å². The van der Waals surface area contributed by atoms with Crippen molar-refractivity contribution < 1.29 is 9.53 Å². The van der Waals surface area contributed by atoms with Crippen LogP contribution in [-0.4, -0.2) is 19.1 Å². The highest BCUT2D eigenvalue weighted by atomic mass is 16.5. The maximum atomic E-state index is 10.8. The van der Waals surface area contributed by atoms with Crippen molar-refractivity contribution in [1.82, 2.24) is 5.43 Å². The zero-order chi connectivity index (χ0) is 10.9. The van der Waals surface area contributed by atoms with Crippen LogP contribution in [-0.2, 0) is 9.53 Å². The molecular weight excluding hydrogens is 192 g/mol. The Hall–Kier alpha value is -0.610. The monoisotopic (exact) mass is 214 g/mol. The number of ether oxygens (including phenoxy) is 1. The predicted octanol–water partition coefficient (Wildman–Crippen LogP) is 1.35. The van der Waals surface area contributed by atoms with E-state index >= 15 is 0 Å². The lowest BCUT2D eigenvalue weighted by Crippen LogP contribution is -2.29. The molecule has 1 aliphatic carbocycles. The van der Waals surface area contributed by atoms with E-state index in [4.69, 9.17) is 10.6 Å². The molecule has 4 nitrogen and oxygen atoms in total. The molecule has 1 aliphatic rings. The molecule has 0 bridgehead atoms. The largest absolute Gasteiger partial charge is 0.381 e. The van der Waals surface area contributed by atoms with Crippen molar-refractivity contribution in [2.45, 2.75) is 44.9 Å². The molecule has 0 spiro atoms. The van der Waals surface area contributed by atoms with Crippen LogP contribution in [0.2, 0.25) is 0 Å². The van der Waals surface area contributed by atoms with Gasteiger partial charge in [-0.25, -0.2) is 5.84 Å². The van der Waals surface area contributed by atoms with E-state index in [2.05, 4.69) is 5.43 Å². The van der Waals surface area contributed by atoms with E-state index in [-0.39, 0.29) is 5.91 Å². The lowest BCUT2D eigenvalue weighted by atomic mass is 10.1. The molecule has 88 valence electrons. The second-order valence-electron chi connectivity index (χ2n) is 4.25. The fraction of sp³-hybridized carbons (Fsp3) is 0.909. The molecule has 0 unspecified atom stereocenters. The molecule has 0 radical (unpaired) electrons. The summed E-state index contributed by atoms with van der Waals surface area (Å²) in [4.78, 5) is 10.8. The van der Waals surface area contributed by atoms with Gasteiger partial charge >= 0.3 is 0 Å². The first-order chi connectivity index (χ1) is 7.33. The van der Waals surface area contributed by atoms with E-state index in [9.17, 15) is 4.79 Å². The van der Waals surface area contributed by atoms with Gasteiger partial charge in [0, 0.05) is 19.6 Å². The highest BCUT2D eigenvalue weighted by Crippen LogP contribution is 2.24. The number of amides is 1. The topological polar surface area (TPSA) is 64.3 Å². The molecule has 0 aromatic carbocycles. The van der Waals surface area contributed by atoms with Crippen molar-refractivity contribution >= 4 is 5.91 Å². The standard InChI is InChI=1S/C11H22N2O2/c12-13-11(14)7-3-4-8-15-9-10-5-1-2-6-10/h10H,1-9,12H2,(H,13,14). The number of carbonyl (C=O) groups excluding carboxylic acids is 1. The summed E-state index contributed by atoms with van der Waals surface area (Å²) in [5.74, 6) is 5.66. The van der Waals surface area contributed by atoms with E-state index in [1.807, 2.05) is 0 Å². The molecule has 1 amide bonds. The van der Waals surface area contributed by atoms with E-state index in [0.29, 0.717) is 6.42 Å². The molecule has 1 saturated carbocycles. The van der Waals surface area contributed by atoms with Crippen LogP contribution in [0.4, 0.5) is 0 Å². The Bertz CT molecular complexity index is 179. The summed E-state index contributed by atoms with van der Waals surface area (Å²) in [6, 6.07) is 0. The summed E-state index contributed by atoms with van der Waals surface area (Å²) in [5, 5.41) is 0. The number of unbranched alkanes of at least 4 members (excludes halogenated alkanes) is 1. The maximum Gasteiger partial charge on any atom is 0.233 e. The average molecular weight is 214 g/mol. The molecule has 1 fully saturated rings. The zero-order valence-electron chi connectivity index (χ0n) is 9.34. The van der Waals surface area contributed by atoms with Crippen LogP contribution < -0.4 is 11.3 Å². The summed E-state index contributed by atoms with van der Waals surface area (Å²) < 4.78 is 5.57. The first-order valence-corrected chi connectivity index (χ1v) is 5.90. The minimum Gasteiger partial charge on any atom is -0.381 e. The quantitative estimate of drug-likeness (QED) is 0.291. The first kappa shape index (κ1) is 12.5. The van der Waals surface area contributed by atoms with E-state index in [1.165, 1.54) is 25.7 Å². The van der Waals surface area contributed by atoms with Crippen LogP contribution in [0.15, 0.2) is 0 Å². The second-order valence-corrected chi connectivity index (χ2v) is 4.25. The first-order valence-electron chi connectivity index (χ1n) is 5.90. The third-order valence-corrected chi connectivity index (χ3v) is 2.93. The number of nitrogens with one attached hydrogen (secondary N) is 1. The van der Waals surface area contributed by atoms with Crippen LogP contribution in [0.3, 0.4) is 0 Å². The van der Waals surface area contributed by atoms with Crippen molar-refractivity contribution in [1.29, 1.82) is 0 Å². The van der Waals surface area contributed by atoms with Gasteiger partial charge in [0.1, 0.15) is 0 Å². The third-order valence-electron chi connectivity index (χ3n) is 2.93. The minimum atomic E-state index is -0.0919. The molecule has 3 N–H and O–H groups in total. The molecule has 0 aromatic rings. The van der Waals surface area contributed by atoms with Crippen LogP contribution in [0.25, 0.3) is 0 Å². The molecule has 0 aromatic heterocycles. The molecule has 0 aliphatic heterocycles. The van der Waals surface area contributed by atoms with Gasteiger partial charge in [-0.15, -0.1) is 0 Å². The minimum absolute atomic E-state index is 0.0919. The number of carbonyl (C=O) groups is 1. The van der Waals surface area contributed by atoms with Gasteiger partial charge in [0.05, 0.1) is 0 Å². The van der Waals surface area contributed by atoms with Gasteiger partial charge in [-0.05, 0) is 31.6 Å². The number of hydrogen-bond acceptors (Lipinski definition) is 3. The van der Waals surface area contributed by atoms with Crippen LogP contribution in [0.5, 0.6) is 0 Å². The van der Waals surface area contributed by atoms with E-state index in [1.54, 1.807) is 0 Å². The van der Waals surface area contributed by atoms with Crippen molar-refractivity contribution in [2.24, 2.45) is 11.8 Å². The Labute approximate surface area is 91.5 Å². The molecular formula is C11H22N2O2. The smallest absolute Gasteiger partial charge is 0.233 e. The number of hydrogen-bond donors (Lipinski definition) is 2. The van der Waals surface area contributed by atoms with Gasteiger partial charge in [-0.2, -0.15) is 0 Å². The zero-order valence-corrected chi connectivity index (χ0v) is 9.34. The second kappa shape index (κ2) is 7.65. The van der Waals surface area contributed by atoms with Gasteiger partial charge in [0.25, 0.3) is 0 Å². The number of rotatable bonds is 7. The maximum absolute atomic E-state index is 10.8. The normalized spacial score (nSPS) is 16.9.